The lowest BCUT2D eigenvalue weighted by Crippen LogP contribution is -2.38. The van der Waals surface area contributed by atoms with Gasteiger partial charge in [-0.2, -0.15) is 0 Å². The summed E-state index contributed by atoms with van der Waals surface area (Å²) in [5, 5.41) is 6.06. The highest BCUT2D eigenvalue weighted by atomic mass is 35.5. The number of halogens is 1. The quantitative estimate of drug-likeness (QED) is 0.744. The molecule has 3 nitrogen and oxygen atoms in total. The van der Waals surface area contributed by atoms with Gasteiger partial charge >= 0.3 is 0 Å². The number of rotatable bonds is 3. The first-order valence-corrected chi connectivity index (χ1v) is 8.73. The van der Waals surface area contributed by atoms with Gasteiger partial charge in [-0.1, -0.05) is 54.1 Å². The molecule has 0 saturated carbocycles. The van der Waals surface area contributed by atoms with E-state index in [0.717, 1.165) is 22.3 Å². The number of hydrogen-bond donors (Lipinski definition) is 1. The zero-order valence-electron chi connectivity index (χ0n) is 13.8. The maximum atomic E-state index is 12.6. The molecule has 0 bridgehead atoms. The molecular formula is C21H18ClNO2. The van der Waals surface area contributed by atoms with E-state index in [9.17, 15) is 4.79 Å². The Morgan fingerprint density at radius 2 is 1.96 bits per heavy atom. The van der Waals surface area contributed by atoms with Gasteiger partial charge in [0.1, 0.15) is 5.75 Å². The minimum Gasteiger partial charge on any atom is -0.480 e. The molecule has 0 radical (unpaired) electrons. The van der Waals surface area contributed by atoms with Crippen LogP contribution in [0.2, 0.25) is 5.02 Å². The fourth-order valence-electron chi connectivity index (χ4n) is 3.38. The first-order valence-electron chi connectivity index (χ1n) is 8.35. The van der Waals surface area contributed by atoms with Gasteiger partial charge in [-0.05, 0) is 47.0 Å². The maximum Gasteiger partial charge on any atom is 0.261 e. The molecule has 1 aliphatic heterocycles. The van der Waals surface area contributed by atoms with E-state index in [1.807, 2.05) is 37.3 Å². The molecule has 0 saturated heterocycles. The largest absolute Gasteiger partial charge is 0.480 e. The Bertz CT molecular complexity index is 948. The predicted molar refractivity (Wildman–Crippen MR) is 100 cm³/mol. The minimum absolute atomic E-state index is 0.102. The summed E-state index contributed by atoms with van der Waals surface area (Å²) in [5.41, 5.74) is 2.08. The third-order valence-corrected chi connectivity index (χ3v) is 4.87. The average molecular weight is 352 g/mol. The Kier molecular flexibility index (Phi) is 4.10. The zero-order valence-corrected chi connectivity index (χ0v) is 14.6. The van der Waals surface area contributed by atoms with Crippen LogP contribution in [0.25, 0.3) is 10.8 Å². The van der Waals surface area contributed by atoms with Crippen molar-refractivity contribution in [3.05, 3.63) is 76.8 Å². The SMILES string of the molecule is C[C@@H](NC(=O)[C@@H]1Cc2cc(Cl)ccc2O1)c1cccc2ccccc12. The Hall–Kier alpha value is -2.52. The first-order chi connectivity index (χ1) is 12.1. The Labute approximate surface area is 151 Å². The third-order valence-electron chi connectivity index (χ3n) is 4.64. The van der Waals surface area contributed by atoms with E-state index in [-0.39, 0.29) is 11.9 Å². The van der Waals surface area contributed by atoms with Gasteiger partial charge in [0, 0.05) is 11.4 Å². The summed E-state index contributed by atoms with van der Waals surface area (Å²) < 4.78 is 5.78. The summed E-state index contributed by atoms with van der Waals surface area (Å²) in [6.07, 6.45) is 0.0372. The van der Waals surface area contributed by atoms with E-state index in [4.69, 9.17) is 16.3 Å². The molecular weight excluding hydrogens is 334 g/mol. The predicted octanol–water partition coefficient (Wildman–Crippen LogP) is 4.67. The molecule has 0 unspecified atom stereocenters. The number of carbonyl (C=O) groups excluding carboxylic acids is 1. The zero-order chi connectivity index (χ0) is 17.4. The summed E-state index contributed by atoms with van der Waals surface area (Å²) in [7, 11) is 0. The fraction of sp³-hybridized carbons (Fsp3) is 0.190. The molecule has 0 aliphatic carbocycles. The van der Waals surface area contributed by atoms with Crippen LogP contribution in [-0.2, 0) is 11.2 Å². The lowest BCUT2D eigenvalue weighted by Gasteiger charge is -2.19. The van der Waals surface area contributed by atoms with Crippen molar-refractivity contribution in [2.45, 2.75) is 25.5 Å². The van der Waals surface area contributed by atoms with Crippen molar-refractivity contribution in [3.63, 3.8) is 0 Å². The average Bonchev–Trinajstić information content (AvgIpc) is 3.04. The minimum atomic E-state index is -0.508. The summed E-state index contributed by atoms with van der Waals surface area (Å²) in [6.45, 7) is 2.00. The number of carbonyl (C=O) groups is 1. The van der Waals surface area contributed by atoms with Crippen LogP contribution in [0.5, 0.6) is 5.75 Å². The van der Waals surface area contributed by atoms with Crippen molar-refractivity contribution in [3.8, 4) is 5.75 Å². The lowest BCUT2D eigenvalue weighted by atomic mass is 9.99. The van der Waals surface area contributed by atoms with Crippen LogP contribution < -0.4 is 10.1 Å². The Morgan fingerprint density at radius 1 is 1.16 bits per heavy atom. The number of benzene rings is 3. The van der Waals surface area contributed by atoms with Gasteiger partial charge < -0.3 is 10.1 Å². The third kappa shape index (κ3) is 3.08. The van der Waals surface area contributed by atoms with Crippen LogP contribution in [0.1, 0.15) is 24.1 Å². The molecule has 1 heterocycles. The van der Waals surface area contributed by atoms with Crippen molar-refractivity contribution in [1.82, 2.24) is 5.32 Å². The normalized spacial score (nSPS) is 17.0. The van der Waals surface area contributed by atoms with Gasteiger partial charge in [-0.15, -0.1) is 0 Å². The molecule has 1 aliphatic rings. The standard InChI is InChI=1S/C21H18ClNO2/c1-13(17-8-4-6-14-5-2-3-7-18(14)17)23-21(24)20-12-15-11-16(22)9-10-19(15)25-20/h2-11,13,20H,12H2,1H3,(H,23,24)/t13-,20+/m1/s1. The van der Waals surface area contributed by atoms with E-state index < -0.39 is 6.10 Å². The van der Waals surface area contributed by atoms with Crippen LogP contribution >= 0.6 is 11.6 Å². The van der Waals surface area contributed by atoms with Crippen molar-refractivity contribution >= 4 is 28.3 Å². The van der Waals surface area contributed by atoms with Gasteiger partial charge in [-0.3, -0.25) is 4.79 Å². The summed E-state index contributed by atoms with van der Waals surface area (Å²) in [4.78, 5) is 12.6. The van der Waals surface area contributed by atoms with Crippen molar-refractivity contribution < 1.29 is 9.53 Å². The summed E-state index contributed by atoms with van der Waals surface area (Å²) in [5.74, 6) is 0.634. The van der Waals surface area contributed by atoms with E-state index in [0.29, 0.717) is 11.4 Å². The highest BCUT2D eigenvalue weighted by Crippen LogP contribution is 2.31. The molecule has 0 fully saturated rings. The smallest absolute Gasteiger partial charge is 0.261 e. The molecule has 0 aromatic heterocycles. The maximum absolute atomic E-state index is 12.6. The second kappa shape index (κ2) is 6.41. The van der Waals surface area contributed by atoms with Crippen molar-refractivity contribution in [1.29, 1.82) is 0 Å². The molecule has 1 N–H and O–H groups in total. The second-order valence-corrected chi connectivity index (χ2v) is 6.80. The molecule has 1 amide bonds. The lowest BCUT2D eigenvalue weighted by molar-refractivity contribution is -0.127. The molecule has 126 valence electrons. The Balaban J connectivity index is 1.51. The number of hydrogen-bond acceptors (Lipinski definition) is 2. The van der Waals surface area contributed by atoms with E-state index in [2.05, 4.69) is 29.6 Å². The van der Waals surface area contributed by atoms with Crippen LogP contribution in [0, 0.1) is 0 Å². The number of ether oxygens (including phenoxy) is 1. The first kappa shape index (κ1) is 16.0. The van der Waals surface area contributed by atoms with Crippen LogP contribution in [-0.4, -0.2) is 12.0 Å². The topological polar surface area (TPSA) is 38.3 Å². The van der Waals surface area contributed by atoms with Gasteiger partial charge in [0.15, 0.2) is 6.10 Å². The molecule has 0 spiro atoms. The number of nitrogens with one attached hydrogen (secondary N) is 1. The number of fused-ring (bicyclic) bond motifs is 2. The van der Waals surface area contributed by atoms with Gasteiger partial charge in [0.05, 0.1) is 6.04 Å². The summed E-state index contributed by atoms with van der Waals surface area (Å²) >= 11 is 6.01. The van der Waals surface area contributed by atoms with Gasteiger partial charge in [-0.25, -0.2) is 0 Å². The van der Waals surface area contributed by atoms with Crippen LogP contribution in [0.3, 0.4) is 0 Å². The monoisotopic (exact) mass is 351 g/mol. The van der Waals surface area contributed by atoms with Crippen molar-refractivity contribution in [2.75, 3.05) is 0 Å². The molecule has 4 heteroatoms. The molecule has 4 rings (SSSR count). The summed E-state index contributed by atoms with van der Waals surface area (Å²) in [6, 6.07) is 19.7. The highest BCUT2D eigenvalue weighted by molar-refractivity contribution is 6.30. The van der Waals surface area contributed by atoms with Crippen LogP contribution in [0.4, 0.5) is 0 Å². The van der Waals surface area contributed by atoms with E-state index in [1.165, 1.54) is 5.39 Å². The van der Waals surface area contributed by atoms with Gasteiger partial charge in [0.25, 0.3) is 5.91 Å². The molecule has 25 heavy (non-hydrogen) atoms. The van der Waals surface area contributed by atoms with E-state index >= 15 is 0 Å². The second-order valence-electron chi connectivity index (χ2n) is 6.36. The molecule has 3 aromatic carbocycles. The molecule has 2 atom stereocenters. The Morgan fingerprint density at radius 3 is 2.84 bits per heavy atom. The van der Waals surface area contributed by atoms with Crippen LogP contribution in [0.15, 0.2) is 60.7 Å². The van der Waals surface area contributed by atoms with E-state index in [1.54, 1.807) is 6.07 Å². The molecule has 3 aromatic rings. The highest BCUT2D eigenvalue weighted by Gasteiger charge is 2.30. The fourth-order valence-corrected chi connectivity index (χ4v) is 3.57. The van der Waals surface area contributed by atoms with Crippen molar-refractivity contribution in [2.24, 2.45) is 0 Å². The van der Waals surface area contributed by atoms with Gasteiger partial charge in [0.2, 0.25) is 0 Å². The number of amides is 1.